The van der Waals surface area contributed by atoms with Crippen LogP contribution in [0, 0.1) is 12.8 Å². The van der Waals surface area contributed by atoms with Gasteiger partial charge >= 0.3 is 0 Å². The Morgan fingerprint density at radius 3 is 2.89 bits per heavy atom. The van der Waals surface area contributed by atoms with E-state index in [-0.39, 0.29) is 0 Å². The predicted octanol–water partition coefficient (Wildman–Crippen LogP) is 3.10. The Balaban J connectivity index is 2.29. The third kappa shape index (κ3) is 2.75. The average molecular weight is 267 g/mol. The summed E-state index contributed by atoms with van der Waals surface area (Å²) in [6.45, 7) is 6.35. The van der Waals surface area contributed by atoms with Crippen molar-refractivity contribution in [2.24, 2.45) is 5.92 Å². The van der Waals surface area contributed by atoms with Crippen LogP contribution in [0.4, 0.5) is 5.82 Å². The van der Waals surface area contributed by atoms with Gasteiger partial charge in [0.25, 0.3) is 0 Å². The van der Waals surface area contributed by atoms with Crippen LogP contribution >= 0.6 is 11.6 Å². The van der Waals surface area contributed by atoms with Gasteiger partial charge in [0.05, 0.1) is 5.69 Å². The number of alkyl halides is 1. The Morgan fingerprint density at radius 2 is 2.22 bits per heavy atom. The van der Waals surface area contributed by atoms with Crippen molar-refractivity contribution in [2.45, 2.75) is 33.2 Å². The molecule has 0 spiro atoms. The average Bonchev–Trinajstić information content (AvgIpc) is 2.69. The van der Waals surface area contributed by atoms with Crippen molar-refractivity contribution in [1.82, 2.24) is 14.6 Å². The molecule has 2 aromatic rings. The van der Waals surface area contributed by atoms with Gasteiger partial charge in [-0.15, -0.1) is 11.6 Å². The van der Waals surface area contributed by atoms with Crippen LogP contribution in [0.25, 0.3) is 5.52 Å². The lowest BCUT2D eigenvalue weighted by molar-refractivity contribution is 0.512. The Hall–Kier alpha value is -1.29. The van der Waals surface area contributed by atoms with E-state index in [1.54, 1.807) is 6.20 Å². The highest BCUT2D eigenvalue weighted by atomic mass is 35.5. The third-order valence-electron chi connectivity index (χ3n) is 3.06. The molecule has 98 valence electrons. The lowest BCUT2D eigenvalue weighted by Crippen LogP contribution is -2.26. The first-order chi connectivity index (χ1) is 8.61. The van der Waals surface area contributed by atoms with Crippen LogP contribution in [0.1, 0.15) is 26.0 Å². The number of nitrogens with zero attached hydrogens (tertiary/aromatic N) is 3. The summed E-state index contributed by atoms with van der Waals surface area (Å²) in [6, 6.07) is 2.37. The molecule has 0 aliphatic rings. The fraction of sp³-hybridized carbons (Fsp3) is 0.538. The Bertz CT molecular complexity index is 521. The lowest BCUT2D eigenvalue weighted by Gasteiger charge is -2.22. The van der Waals surface area contributed by atoms with Crippen LogP contribution < -0.4 is 5.32 Å². The lowest BCUT2D eigenvalue weighted by atomic mass is 10.0. The normalized spacial score (nSPS) is 13.2. The summed E-state index contributed by atoms with van der Waals surface area (Å²) in [4.78, 5) is 4.41. The van der Waals surface area contributed by atoms with Gasteiger partial charge in [-0.1, -0.05) is 13.8 Å². The highest BCUT2D eigenvalue weighted by Crippen LogP contribution is 2.19. The highest BCUT2D eigenvalue weighted by Gasteiger charge is 2.15. The van der Waals surface area contributed by atoms with Crippen LogP contribution in [0.3, 0.4) is 0 Å². The Labute approximate surface area is 112 Å². The van der Waals surface area contributed by atoms with Crippen molar-refractivity contribution in [2.75, 3.05) is 11.2 Å². The molecule has 1 unspecified atom stereocenters. The molecule has 0 aromatic carbocycles. The van der Waals surface area contributed by atoms with Crippen molar-refractivity contribution < 1.29 is 0 Å². The van der Waals surface area contributed by atoms with E-state index in [9.17, 15) is 0 Å². The van der Waals surface area contributed by atoms with Gasteiger partial charge in [0.1, 0.15) is 5.52 Å². The standard InChI is InChI=1S/C13H19ClN4/c1-9(2)11(4-5-14)16-13-12-8-10(3)17-18(12)7-6-15-13/h6-9,11H,4-5H2,1-3H3,(H,15,16). The van der Waals surface area contributed by atoms with Gasteiger partial charge < -0.3 is 5.32 Å². The minimum atomic E-state index is 0.330. The monoisotopic (exact) mass is 266 g/mol. The smallest absolute Gasteiger partial charge is 0.152 e. The van der Waals surface area contributed by atoms with Gasteiger partial charge in [0.2, 0.25) is 0 Å². The molecule has 2 heterocycles. The molecule has 4 nitrogen and oxygen atoms in total. The van der Waals surface area contributed by atoms with Gasteiger partial charge in [-0.2, -0.15) is 5.10 Å². The van der Waals surface area contributed by atoms with Crippen LogP contribution in [0.2, 0.25) is 0 Å². The van der Waals surface area contributed by atoms with Crippen molar-refractivity contribution in [3.63, 3.8) is 0 Å². The van der Waals surface area contributed by atoms with Gasteiger partial charge in [-0.05, 0) is 25.3 Å². The minimum absolute atomic E-state index is 0.330. The largest absolute Gasteiger partial charge is 0.365 e. The molecule has 2 aromatic heterocycles. The van der Waals surface area contributed by atoms with Crippen LogP contribution in [-0.4, -0.2) is 26.5 Å². The summed E-state index contributed by atoms with van der Waals surface area (Å²) >= 11 is 5.85. The molecule has 0 saturated heterocycles. The second-order valence-corrected chi connectivity index (χ2v) is 5.24. The predicted molar refractivity (Wildman–Crippen MR) is 75.3 cm³/mol. The van der Waals surface area contributed by atoms with E-state index < -0.39 is 0 Å². The van der Waals surface area contributed by atoms with Crippen molar-refractivity contribution >= 4 is 22.9 Å². The molecule has 18 heavy (non-hydrogen) atoms. The number of rotatable bonds is 5. The summed E-state index contributed by atoms with van der Waals surface area (Å²) < 4.78 is 1.85. The van der Waals surface area contributed by atoms with E-state index >= 15 is 0 Å². The summed E-state index contributed by atoms with van der Waals surface area (Å²) in [6.07, 6.45) is 4.55. The summed E-state index contributed by atoms with van der Waals surface area (Å²) in [5, 5.41) is 7.86. The van der Waals surface area contributed by atoms with E-state index in [2.05, 4.69) is 29.2 Å². The van der Waals surface area contributed by atoms with Crippen molar-refractivity contribution in [3.05, 3.63) is 24.2 Å². The van der Waals surface area contributed by atoms with E-state index in [0.717, 1.165) is 23.4 Å². The zero-order chi connectivity index (χ0) is 13.1. The van der Waals surface area contributed by atoms with E-state index in [1.165, 1.54) is 0 Å². The van der Waals surface area contributed by atoms with Crippen LogP contribution in [-0.2, 0) is 0 Å². The molecule has 1 atom stereocenters. The molecule has 0 aliphatic heterocycles. The zero-order valence-electron chi connectivity index (χ0n) is 11.0. The Morgan fingerprint density at radius 1 is 1.44 bits per heavy atom. The molecule has 0 fully saturated rings. The molecule has 2 rings (SSSR count). The van der Waals surface area contributed by atoms with Crippen molar-refractivity contribution in [3.8, 4) is 0 Å². The molecule has 0 radical (unpaired) electrons. The van der Waals surface area contributed by atoms with Crippen LogP contribution in [0.5, 0.6) is 0 Å². The first-order valence-electron chi connectivity index (χ1n) is 6.25. The van der Waals surface area contributed by atoms with E-state index in [1.807, 2.05) is 23.7 Å². The fourth-order valence-corrected chi connectivity index (χ4v) is 2.26. The molecular formula is C13H19ClN4. The zero-order valence-corrected chi connectivity index (χ0v) is 11.8. The molecule has 1 N–H and O–H groups in total. The first kappa shape index (κ1) is 13.1. The summed E-state index contributed by atoms with van der Waals surface area (Å²) in [5.41, 5.74) is 2.00. The number of nitrogens with one attached hydrogen (secondary N) is 1. The SMILES string of the molecule is Cc1cc2c(NC(CCCl)C(C)C)nccn2n1. The van der Waals surface area contributed by atoms with Gasteiger partial charge in [-0.3, -0.25) is 0 Å². The Kier molecular flexibility index (Phi) is 4.07. The molecule has 0 bridgehead atoms. The van der Waals surface area contributed by atoms with Gasteiger partial charge in [0.15, 0.2) is 5.82 Å². The van der Waals surface area contributed by atoms with Gasteiger partial charge in [0, 0.05) is 24.3 Å². The number of fused-ring (bicyclic) bond motifs is 1. The summed E-state index contributed by atoms with van der Waals surface area (Å²) in [7, 11) is 0. The maximum Gasteiger partial charge on any atom is 0.152 e. The molecule has 0 amide bonds. The maximum atomic E-state index is 5.85. The minimum Gasteiger partial charge on any atom is -0.365 e. The third-order valence-corrected chi connectivity index (χ3v) is 3.28. The number of aromatic nitrogens is 3. The second kappa shape index (κ2) is 5.57. The quantitative estimate of drug-likeness (QED) is 0.846. The number of anilines is 1. The fourth-order valence-electron chi connectivity index (χ4n) is 2.02. The number of hydrogen-bond acceptors (Lipinski definition) is 3. The molecule has 0 saturated carbocycles. The number of hydrogen-bond donors (Lipinski definition) is 1. The van der Waals surface area contributed by atoms with Gasteiger partial charge in [-0.25, -0.2) is 9.50 Å². The topological polar surface area (TPSA) is 42.2 Å². The molecule has 5 heteroatoms. The van der Waals surface area contributed by atoms with E-state index in [0.29, 0.717) is 17.8 Å². The summed E-state index contributed by atoms with van der Waals surface area (Å²) in [5.74, 6) is 2.04. The molecular weight excluding hydrogens is 248 g/mol. The van der Waals surface area contributed by atoms with E-state index in [4.69, 9.17) is 11.6 Å². The highest BCUT2D eigenvalue weighted by molar-refractivity contribution is 6.17. The maximum absolute atomic E-state index is 5.85. The number of halogens is 1. The second-order valence-electron chi connectivity index (χ2n) is 4.86. The van der Waals surface area contributed by atoms with Crippen LogP contribution in [0.15, 0.2) is 18.5 Å². The molecule has 0 aliphatic carbocycles. The first-order valence-corrected chi connectivity index (χ1v) is 6.78. The number of aryl methyl sites for hydroxylation is 1. The van der Waals surface area contributed by atoms with Crippen molar-refractivity contribution in [1.29, 1.82) is 0 Å².